The molecule has 0 spiro atoms. The van der Waals surface area contributed by atoms with E-state index in [1.54, 1.807) is 0 Å². The summed E-state index contributed by atoms with van der Waals surface area (Å²) < 4.78 is 7.37. The molecule has 1 aliphatic carbocycles. The van der Waals surface area contributed by atoms with Crippen LogP contribution in [-0.4, -0.2) is 66.2 Å². The molecule has 1 aliphatic heterocycles. The summed E-state index contributed by atoms with van der Waals surface area (Å²) in [5.74, 6) is -2.15. The Hall–Kier alpha value is -3.82. The highest BCUT2D eigenvalue weighted by molar-refractivity contribution is 6.99. The van der Waals surface area contributed by atoms with Crippen molar-refractivity contribution in [3.8, 4) is 5.75 Å². The van der Waals surface area contributed by atoms with Crippen molar-refractivity contribution < 1.29 is 29.3 Å². The number of carbonyl (C=O) groups excluding carboxylic acids is 2. The molecule has 0 bridgehead atoms. The SMILES string of the molecule is CCCN1C(=O)[C@@H]2[C@@H](CC(CO[Si](c3ccccc3)(c3ccccc3)C(C)(C)C)=C([C@H](O)CC/C(=C/c3cc(C)c(O)c(C)c3)CC)[C@@H]2CO)C1=O. The summed E-state index contributed by atoms with van der Waals surface area (Å²) in [5.41, 5.74) is 5.23. The van der Waals surface area contributed by atoms with E-state index >= 15 is 0 Å². The number of phenolic OH excluding ortho intramolecular Hbond substituents is 1. The van der Waals surface area contributed by atoms with E-state index in [1.165, 1.54) is 4.90 Å². The Morgan fingerprint density at radius 1 is 0.962 bits per heavy atom. The van der Waals surface area contributed by atoms with Crippen molar-refractivity contribution in [1.29, 1.82) is 0 Å². The largest absolute Gasteiger partial charge is 0.507 e. The first kappa shape index (κ1) is 39.4. The van der Waals surface area contributed by atoms with Crippen LogP contribution < -0.4 is 10.4 Å². The fraction of sp³-hybridized carbons (Fsp3) is 0.455. The monoisotopic (exact) mass is 723 g/mol. The molecule has 0 unspecified atom stereocenters. The summed E-state index contributed by atoms with van der Waals surface area (Å²) >= 11 is 0. The maximum Gasteiger partial charge on any atom is 0.261 e. The number of hydrogen-bond acceptors (Lipinski definition) is 6. The number of likely N-dealkylation sites (tertiary alicyclic amines) is 1. The summed E-state index contributed by atoms with van der Waals surface area (Å²) in [7, 11) is -2.99. The second-order valence-corrected chi connectivity index (χ2v) is 20.0. The average Bonchev–Trinajstić information content (AvgIpc) is 3.36. The number of imide groups is 1. The molecule has 1 fully saturated rings. The molecule has 3 aromatic carbocycles. The van der Waals surface area contributed by atoms with Gasteiger partial charge in [-0.05, 0) is 101 Å². The molecule has 3 aromatic rings. The maximum absolute atomic E-state index is 13.8. The normalized spacial score (nSPS) is 20.4. The predicted molar refractivity (Wildman–Crippen MR) is 211 cm³/mol. The Morgan fingerprint density at radius 3 is 2.04 bits per heavy atom. The Labute approximate surface area is 311 Å². The molecule has 278 valence electrons. The summed E-state index contributed by atoms with van der Waals surface area (Å²) in [4.78, 5) is 29.0. The lowest BCUT2D eigenvalue weighted by Gasteiger charge is -2.44. The smallest absolute Gasteiger partial charge is 0.261 e. The van der Waals surface area contributed by atoms with Crippen molar-refractivity contribution in [2.75, 3.05) is 19.8 Å². The zero-order chi connectivity index (χ0) is 37.8. The highest BCUT2D eigenvalue weighted by Crippen LogP contribution is 2.47. The standard InChI is InChI=1S/C44H57NO6Si/c1-8-22-45-42(49)36-26-33(28-51-52(44(5,6)7,34-16-12-10-13-17-34)35-18-14-11-15-19-35)39(37(27-46)40(36)43(45)50)38(47)21-20-31(9-2)25-32-23-29(3)41(48)30(4)24-32/h10-19,23-25,36-38,40,46-48H,8-9,20-22,26-28H2,1-7H3/b31-25+/t36-,37+,38-,40-/m1/s1. The minimum atomic E-state index is -2.99. The lowest BCUT2D eigenvalue weighted by atomic mass is 9.68. The highest BCUT2D eigenvalue weighted by atomic mass is 28.4. The first-order valence-electron chi connectivity index (χ1n) is 18.9. The van der Waals surface area contributed by atoms with Gasteiger partial charge in [-0.1, -0.05) is 107 Å². The van der Waals surface area contributed by atoms with E-state index in [4.69, 9.17) is 4.43 Å². The molecule has 2 aliphatic rings. The van der Waals surface area contributed by atoms with Crippen molar-refractivity contribution in [2.45, 2.75) is 91.7 Å². The molecule has 4 atom stereocenters. The van der Waals surface area contributed by atoms with Gasteiger partial charge in [-0.2, -0.15) is 0 Å². The first-order chi connectivity index (χ1) is 24.8. The average molecular weight is 724 g/mol. The van der Waals surface area contributed by atoms with Gasteiger partial charge in [0.1, 0.15) is 5.75 Å². The highest BCUT2D eigenvalue weighted by Gasteiger charge is 2.55. The van der Waals surface area contributed by atoms with E-state index in [0.717, 1.165) is 44.6 Å². The number of fused-ring (bicyclic) bond motifs is 1. The van der Waals surface area contributed by atoms with Crippen LogP contribution in [0.2, 0.25) is 5.04 Å². The quantitative estimate of drug-likeness (QED) is 0.0956. The van der Waals surface area contributed by atoms with Crippen LogP contribution in [0.1, 0.15) is 83.4 Å². The third-order valence-corrected chi connectivity index (χ3v) is 16.2. The van der Waals surface area contributed by atoms with Gasteiger partial charge in [0.25, 0.3) is 8.32 Å². The van der Waals surface area contributed by atoms with E-state index in [0.29, 0.717) is 43.6 Å². The zero-order valence-corrected chi connectivity index (χ0v) is 33.0. The number of phenols is 1. The van der Waals surface area contributed by atoms with Gasteiger partial charge in [-0.15, -0.1) is 0 Å². The van der Waals surface area contributed by atoms with Crippen LogP contribution in [0.5, 0.6) is 5.75 Å². The molecule has 3 N–H and O–H groups in total. The van der Waals surface area contributed by atoms with E-state index in [2.05, 4.69) is 58.0 Å². The van der Waals surface area contributed by atoms with Crippen molar-refractivity contribution in [3.05, 3.63) is 106 Å². The third kappa shape index (κ3) is 7.62. The summed E-state index contributed by atoms with van der Waals surface area (Å²) in [5, 5.41) is 35.4. The molecule has 52 heavy (non-hydrogen) atoms. The van der Waals surface area contributed by atoms with Gasteiger partial charge < -0.3 is 19.7 Å². The maximum atomic E-state index is 13.8. The summed E-state index contributed by atoms with van der Waals surface area (Å²) in [6.07, 6.45) is 3.90. The first-order valence-corrected chi connectivity index (χ1v) is 20.8. The molecule has 7 nitrogen and oxygen atoms in total. The Kier molecular flexibility index (Phi) is 12.5. The molecule has 0 saturated carbocycles. The number of aromatic hydroxyl groups is 1. The number of aliphatic hydroxyl groups is 2. The van der Waals surface area contributed by atoms with Crippen LogP contribution >= 0.6 is 0 Å². The fourth-order valence-corrected chi connectivity index (χ4v) is 13.2. The van der Waals surface area contributed by atoms with Gasteiger partial charge in [-0.25, -0.2) is 0 Å². The fourth-order valence-electron chi connectivity index (χ4n) is 8.70. The molecular formula is C44H57NO6Si. The number of amides is 2. The number of aliphatic hydroxyl groups excluding tert-OH is 2. The second kappa shape index (κ2) is 16.5. The number of benzene rings is 3. The summed E-state index contributed by atoms with van der Waals surface area (Å²) in [6.45, 7) is 14.6. The predicted octanol–water partition coefficient (Wildman–Crippen LogP) is 6.84. The molecule has 5 rings (SSSR count). The lowest BCUT2D eigenvalue weighted by Crippen LogP contribution is -2.66. The Morgan fingerprint density at radius 2 is 1.54 bits per heavy atom. The van der Waals surface area contributed by atoms with Crippen LogP contribution in [0.15, 0.2) is 89.5 Å². The molecular weight excluding hydrogens is 667 g/mol. The van der Waals surface area contributed by atoms with Crippen molar-refractivity contribution in [2.24, 2.45) is 17.8 Å². The van der Waals surface area contributed by atoms with Crippen LogP contribution in [0.3, 0.4) is 0 Å². The van der Waals surface area contributed by atoms with Crippen molar-refractivity contribution >= 4 is 36.6 Å². The summed E-state index contributed by atoms with van der Waals surface area (Å²) in [6, 6.07) is 24.7. The van der Waals surface area contributed by atoms with E-state index in [9.17, 15) is 24.9 Å². The number of hydrogen-bond donors (Lipinski definition) is 3. The molecule has 1 saturated heterocycles. The lowest BCUT2D eigenvalue weighted by molar-refractivity contribution is -0.140. The van der Waals surface area contributed by atoms with Gasteiger partial charge in [0.05, 0.1) is 31.2 Å². The van der Waals surface area contributed by atoms with Crippen molar-refractivity contribution in [3.63, 3.8) is 0 Å². The molecule has 1 heterocycles. The number of rotatable bonds is 14. The third-order valence-electron chi connectivity index (χ3n) is 11.2. The minimum Gasteiger partial charge on any atom is -0.507 e. The molecule has 2 amide bonds. The molecule has 0 aromatic heterocycles. The number of nitrogens with zero attached hydrogens (tertiary/aromatic N) is 1. The second-order valence-electron chi connectivity index (χ2n) is 15.7. The van der Waals surface area contributed by atoms with Gasteiger partial charge in [0, 0.05) is 12.5 Å². The van der Waals surface area contributed by atoms with Gasteiger partial charge >= 0.3 is 0 Å². The van der Waals surface area contributed by atoms with Crippen molar-refractivity contribution in [1.82, 2.24) is 4.90 Å². The van der Waals surface area contributed by atoms with Crippen LogP contribution in [0.25, 0.3) is 6.08 Å². The van der Waals surface area contributed by atoms with Crippen LogP contribution in [-0.2, 0) is 14.0 Å². The van der Waals surface area contributed by atoms with E-state index < -0.39 is 32.2 Å². The van der Waals surface area contributed by atoms with Crippen LogP contribution in [0.4, 0.5) is 0 Å². The van der Waals surface area contributed by atoms with Gasteiger partial charge in [0.15, 0.2) is 0 Å². The van der Waals surface area contributed by atoms with Gasteiger partial charge in [0.2, 0.25) is 11.8 Å². The number of carbonyl (C=O) groups is 2. The van der Waals surface area contributed by atoms with E-state index in [1.807, 2.05) is 69.3 Å². The Bertz CT molecular complexity index is 1730. The Balaban J connectivity index is 1.57. The zero-order valence-electron chi connectivity index (χ0n) is 32.0. The molecule has 0 radical (unpaired) electrons. The topological polar surface area (TPSA) is 107 Å². The molecule has 8 heteroatoms. The number of allylic oxidation sites excluding steroid dienone is 1. The van der Waals surface area contributed by atoms with E-state index in [-0.39, 0.29) is 30.1 Å². The number of aryl methyl sites for hydroxylation is 2. The van der Waals surface area contributed by atoms with Crippen LogP contribution in [0, 0.1) is 31.6 Å². The van der Waals surface area contributed by atoms with Gasteiger partial charge in [-0.3, -0.25) is 14.5 Å². The minimum absolute atomic E-state index is 0.178.